The van der Waals surface area contributed by atoms with E-state index in [0.29, 0.717) is 29.9 Å². The molecule has 1 aliphatic heterocycles. The van der Waals surface area contributed by atoms with Gasteiger partial charge in [-0.25, -0.2) is 15.0 Å². The molecule has 1 fully saturated rings. The number of nitriles is 1. The normalized spacial score (nSPS) is 22.4. The first-order valence-electron chi connectivity index (χ1n) is 10.8. The molecule has 3 heterocycles. The van der Waals surface area contributed by atoms with E-state index in [2.05, 4.69) is 15.3 Å². The Labute approximate surface area is 182 Å². The third kappa shape index (κ3) is 4.31. The van der Waals surface area contributed by atoms with Gasteiger partial charge >= 0.3 is 0 Å². The smallest absolute Gasteiger partial charge is 0.247 e. The summed E-state index contributed by atoms with van der Waals surface area (Å²) in [6.07, 6.45) is 4.57. The van der Waals surface area contributed by atoms with Gasteiger partial charge in [0.2, 0.25) is 5.91 Å². The summed E-state index contributed by atoms with van der Waals surface area (Å²) in [5.41, 5.74) is 1.93. The first-order valence-corrected chi connectivity index (χ1v) is 10.8. The van der Waals surface area contributed by atoms with Gasteiger partial charge in [0, 0.05) is 13.5 Å². The molecule has 2 aromatic heterocycles. The second kappa shape index (κ2) is 8.50. The molecule has 162 valence electrons. The number of amides is 1. The molecule has 0 bridgehead atoms. The molecule has 31 heavy (non-hydrogen) atoms. The van der Waals surface area contributed by atoms with Crippen LogP contribution in [0.4, 0.5) is 11.5 Å². The minimum Gasteiger partial charge on any atom is -0.492 e. The molecule has 8 heteroatoms. The molecule has 0 radical (unpaired) electrons. The van der Waals surface area contributed by atoms with E-state index < -0.39 is 0 Å². The van der Waals surface area contributed by atoms with E-state index in [0.717, 1.165) is 42.3 Å². The summed E-state index contributed by atoms with van der Waals surface area (Å²) in [5.74, 6) is 3.58. The Hall–Kier alpha value is -3.21. The largest absolute Gasteiger partial charge is 0.492 e. The van der Waals surface area contributed by atoms with Crippen molar-refractivity contribution in [2.24, 2.45) is 17.8 Å². The number of ether oxygens (including phenoxy) is 1. The van der Waals surface area contributed by atoms with Crippen LogP contribution in [0.15, 0.2) is 18.3 Å². The van der Waals surface area contributed by atoms with Gasteiger partial charge in [-0.05, 0) is 49.7 Å². The number of carbonyl (C=O) groups excluding carboxylic acids is 1. The van der Waals surface area contributed by atoms with Crippen LogP contribution in [-0.2, 0) is 11.2 Å². The average molecular weight is 421 g/mol. The van der Waals surface area contributed by atoms with Crippen molar-refractivity contribution in [3.05, 3.63) is 35.5 Å². The molecule has 8 nitrogen and oxygen atoms in total. The van der Waals surface area contributed by atoms with Crippen LogP contribution in [0.1, 0.15) is 43.9 Å². The van der Waals surface area contributed by atoms with Crippen molar-refractivity contribution < 1.29 is 9.53 Å². The SMILES string of the molecule is Cc1nc(CC2CC(COc3ccc(C#N)nc3)C2)nc2c1NC(=O)[C@H](C(C)C)N2C. The Bertz CT molecular complexity index is 1010. The van der Waals surface area contributed by atoms with Gasteiger partial charge in [-0.2, -0.15) is 5.26 Å². The molecule has 0 spiro atoms. The molecule has 1 N–H and O–H groups in total. The molecule has 1 saturated carbocycles. The summed E-state index contributed by atoms with van der Waals surface area (Å²) in [7, 11) is 1.94. The lowest BCUT2D eigenvalue weighted by Crippen LogP contribution is -2.49. The van der Waals surface area contributed by atoms with E-state index in [9.17, 15) is 4.79 Å². The van der Waals surface area contributed by atoms with Gasteiger partial charge in [0.25, 0.3) is 0 Å². The average Bonchev–Trinajstić information content (AvgIpc) is 2.70. The standard InChI is InChI=1S/C23H28N6O2/c1-13(2)21-23(30)28-20-14(3)26-19(27-22(20)29(21)4)9-15-7-16(8-15)12-31-18-6-5-17(10-24)25-11-18/h5-6,11,13,15-16,21H,7-9,12H2,1-4H3,(H,28,30)/t15?,16?,21-/m0/s1. The minimum atomic E-state index is -0.225. The highest BCUT2D eigenvalue weighted by Crippen LogP contribution is 2.38. The van der Waals surface area contributed by atoms with Gasteiger partial charge in [0.1, 0.15) is 35.1 Å². The molecule has 1 aliphatic carbocycles. The van der Waals surface area contributed by atoms with Crippen LogP contribution < -0.4 is 15.0 Å². The van der Waals surface area contributed by atoms with Gasteiger partial charge in [-0.3, -0.25) is 4.79 Å². The number of rotatable bonds is 6. The summed E-state index contributed by atoms with van der Waals surface area (Å²) >= 11 is 0. The van der Waals surface area contributed by atoms with Crippen molar-refractivity contribution in [2.75, 3.05) is 23.9 Å². The number of likely N-dealkylation sites (N-methyl/N-ethyl adjacent to an activating group) is 1. The third-order valence-electron chi connectivity index (χ3n) is 6.16. The molecule has 2 aliphatic rings. The van der Waals surface area contributed by atoms with Crippen LogP contribution in [0, 0.1) is 36.0 Å². The highest BCUT2D eigenvalue weighted by atomic mass is 16.5. The lowest BCUT2D eigenvalue weighted by atomic mass is 9.73. The lowest BCUT2D eigenvalue weighted by molar-refractivity contribution is -0.118. The van der Waals surface area contributed by atoms with Crippen LogP contribution in [0.5, 0.6) is 5.75 Å². The molecule has 0 aromatic carbocycles. The number of hydrogen-bond acceptors (Lipinski definition) is 7. The fraction of sp³-hybridized carbons (Fsp3) is 0.522. The number of fused-ring (bicyclic) bond motifs is 1. The van der Waals surface area contributed by atoms with Gasteiger partial charge in [0.05, 0.1) is 18.5 Å². The van der Waals surface area contributed by atoms with Gasteiger partial charge in [0.15, 0.2) is 5.82 Å². The maximum Gasteiger partial charge on any atom is 0.247 e. The molecule has 0 saturated heterocycles. The fourth-order valence-electron chi connectivity index (χ4n) is 4.54. The number of carbonyl (C=O) groups is 1. The predicted octanol–water partition coefficient (Wildman–Crippen LogP) is 3.11. The number of anilines is 2. The highest BCUT2D eigenvalue weighted by molar-refractivity contribution is 6.03. The Morgan fingerprint density at radius 3 is 2.71 bits per heavy atom. The van der Waals surface area contributed by atoms with Gasteiger partial charge in [-0.1, -0.05) is 13.8 Å². The van der Waals surface area contributed by atoms with Crippen molar-refractivity contribution >= 4 is 17.4 Å². The van der Waals surface area contributed by atoms with E-state index in [1.165, 1.54) is 0 Å². The summed E-state index contributed by atoms with van der Waals surface area (Å²) in [6.45, 7) is 6.67. The maximum atomic E-state index is 12.5. The number of pyridine rings is 1. The molecule has 0 unspecified atom stereocenters. The van der Waals surface area contributed by atoms with E-state index in [-0.39, 0.29) is 17.9 Å². The zero-order valence-electron chi connectivity index (χ0n) is 18.4. The highest BCUT2D eigenvalue weighted by Gasteiger charge is 2.36. The van der Waals surface area contributed by atoms with Crippen LogP contribution in [0.2, 0.25) is 0 Å². The number of nitrogens with one attached hydrogen (secondary N) is 1. The summed E-state index contributed by atoms with van der Waals surface area (Å²) in [4.78, 5) is 28.0. The van der Waals surface area contributed by atoms with Crippen molar-refractivity contribution in [1.29, 1.82) is 5.26 Å². The molecule has 1 amide bonds. The van der Waals surface area contributed by atoms with Crippen molar-refractivity contribution in [1.82, 2.24) is 15.0 Å². The molecular weight excluding hydrogens is 392 g/mol. The maximum absolute atomic E-state index is 12.5. The molecule has 2 aromatic rings. The van der Waals surface area contributed by atoms with Crippen molar-refractivity contribution in [3.63, 3.8) is 0 Å². The summed E-state index contributed by atoms with van der Waals surface area (Å²) in [5, 5.41) is 11.8. The monoisotopic (exact) mass is 420 g/mol. The fourth-order valence-corrected chi connectivity index (χ4v) is 4.54. The lowest BCUT2D eigenvalue weighted by Gasteiger charge is -2.38. The van der Waals surface area contributed by atoms with Crippen molar-refractivity contribution in [3.8, 4) is 11.8 Å². The second-order valence-electron chi connectivity index (χ2n) is 8.92. The Morgan fingerprint density at radius 1 is 1.29 bits per heavy atom. The van der Waals surface area contributed by atoms with E-state index in [4.69, 9.17) is 15.0 Å². The number of aryl methyl sites for hydroxylation is 1. The van der Waals surface area contributed by atoms with Gasteiger partial charge in [-0.15, -0.1) is 0 Å². The number of aromatic nitrogens is 3. The van der Waals surface area contributed by atoms with Crippen LogP contribution in [-0.4, -0.2) is 40.6 Å². The molecule has 1 atom stereocenters. The topological polar surface area (TPSA) is 104 Å². The summed E-state index contributed by atoms with van der Waals surface area (Å²) < 4.78 is 5.81. The minimum absolute atomic E-state index is 0.00347. The van der Waals surface area contributed by atoms with Crippen LogP contribution in [0.25, 0.3) is 0 Å². The number of hydrogen-bond donors (Lipinski definition) is 1. The molecular formula is C23H28N6O2. The van der Waals surface area contributed by atoms with E-state index in [1.807, 2.05) is 38.8 Å². The van der Waals surface area contributed by atoms with Crippen LogP contribution >= 0.6 is 0 Å². The Morgan fingerprint density at radius 2 is 2.06 bits per heavy atom. The second-order valence-corrected chi connectivity index (χ2v) is 8.92. The molecule has 4 rings (SSSR count). The zero-order valence-corrected chi connectivity index (χ0v) is 18.4. The quantitative estimate of drug-likeness (QED) is 0.766. The summed E-state index contributed by atoms with van der Waals surface area (Å²) in [6, 6.07) is 5.23. The first kappa shape index (κ1) is 21.0. The number of nitrogens with zero attached hydrogens (tertiary/aromatic N) is 5. The third-order valence-corrected chi connectivity index (χ3v) is 6.16. The van der Waals surface area contributed by atoms with E-state index in [1.54, 1.807) is 18.3 Å². The predicted molar refractivity (Wildman–Crippen MR) is 117 cm³/mol. The Balaban J connectivity index is 1.34. The van der Waals surface area contributed by atoms with E-state index >= 15 is 0 Å². The Kier molecular flexibility index (Phi) is 5.77. The first-order chi connectivity index (χ1) is 14.9. The van der Waals surface area contributed by atoms with Gasteiger partial charge < -0.3 is 15.0 Å². The zero-order chi connectivity index (χ0) is 22.1. The van der Waals surface area contributed by atoms with Crippen molar-refractivity contribution in [2.45, 2.75) is 46.1 Å². The van der Waals surface area contributed by atoms with Crippen LogP contribution in [0.3, 0.4) is 0 Å².